The molecule has 1 aromatic carbocycles. The van der Waals surface area contributed by atoms with E-state index in [1.807, 2.05) is 19.0 Å². The molecule has 1 saturated heterocycles. The van der Waals surface area contributed by atoms with Gasteiger partial charge in [-0.2, -0.15) is 0 Å². The number of carbonyl (C=O) groups is 1. The van der Waals surface area contributed by atoms with E-state index in [2.05, 4.69) is 10.1 Å². The van der Waals surface area contributed by atoms with Crippen molar-refractivity contribution in [1.82, 2.24) is 10.1 Å². The molecule has 0 aliphatic carbocycles. The molecule has 0 spiro atoms. The Morgan fingerprint density at radius 1 is 1.39 bits per heavy atom. The number of halogens is 1. The monoisotopic (exact) mass is 335 g/mol. The summed E-state index contributed by atoms with van der Waals surface area (Å²) >= 11 is 5.88. The fourth-order valence-electron chi connectivity index (χ4n) is 2.84. The van der Waals surface area contributed by atoms with Crippen molar-refractivity contribution in [1.29, 1.82) is 0 Å². The predicted molar refractivity (Wildman–Crippen MR) is 88.2 cm³/mol. The summed E-state index contributed by atoms with van der Waals surface area (Å²) in [5, 5.41) is 14.2. The number of benzene rings is 1. The molecule has 0 radical (unpaired) electrons. The molecule has 122 valence electrons. The number of rotatable bonds is 4. The van der Waals surface area contributed by atoms with Crippen LogP contribution in [0.1, 0.15) is 16.8 Å². The molecule has 3 rings (SSSR count). The molecule has 2 heterocycles. The molecule has 1 atom stereocenters. The Labute approximate surface area is 139 Å². The first-order valence-electron chi connectivity index (χ1n) is 7.37. The van der Waals surface area contributed by atoms with Gasteiger partial charge in [-0.25, -0.2) is 4.79 Å². The normalized spacial score (nSPS) is 17.9. The van der Waals surface area contributed by atoms with Crippen LogP contribution in [0.3, 0.4) is 0 Å². The van der Waals surface area contributed by atoms with Crippen LogP contribution < -0.4 is 4.90 Å². The number of hydrogen-bond acceptors (Lipinski definition) is 5. The van der Waals surface area contributed by atoms with Gasteiger partial charge in [0.05, 0.1) is 0 Å². The predicted octanol–water partition coefficient (Wildman–Crippen LogP) is 2.83. The molecule has 1 unspecified atom stereocenters. The average Bonchev–Trinajstić information content (AvgIpc) is 3.14. The van der Waals surface area contributed by atoms with Crippen molar-refractivity contribution in [2.75, 3.05) is 32.1 Å². The van der Waals surface area contributed by atoms with Crippen molar-refractivity contribution in [3.63, 3.8) is 0 Å². The number of aromatic nitrogens is 1. The van der Waals surface area contributed by atoms with Crippen molar-refractivity contribution >= 4 is 23.4 Å². The second-order valence-corrected chi connectivity index (χ2v) is 6.31. The van der Waals surface area contributed by atoms with E-state index in [9.17, 15) is 9.90 Å². The van der Waals surface area contributed by atoms with Crippen LogP contribution in [0.25, 0.3) is 11.3 Å². The molecule has 1 fully saturated rings. The van der Waals surface area contributed by atoms with Crippen molar-refractivity contribution in [3.05, 3.63) is 34.9 Å². The van der Waals surface area contributed by atoms with Gasteiger partial charge in [0.15, 0.2) is 17.1 Å². The number of anilines is 1. The highest BCUT2D eigenvalue weighted by Gasteiger charge is 2.32. The highest BCUT2D eigenvalue weighted by atomic mass is 35.5. The fraction of sp³-hybridized carbons (Fsp3) is 0.375. The lowest BCUT2D eigenvalue weighted by Crippen LogP contribution is -2.32. The Balaban J connectivity index is 1.97. The number of aromatic carboxylic acids is 1. The molecule has 1 aliphatic heterocycles. The Morgan fingerprint density at radius 3 is 2.65 bits per heavy atom. The lowest BCUT2D eigenvalue weighted by molar-refractivity contribution is 0.0698. The smallest absolute Gasteiger partial charge is 0.343 e. The topological polar surface area (TPSA) is 69.8 Å². The zero-order chi connectivity index (χ0) is 16.6. The van der Waals surface area contributed by atoms with Crippen LogP contribution in [0, 0.1) is 0 Å². The number of likely N-dealkylation sites (N-methyl/N-ethyl adjacent to an activating group) is 1. The molecular formula is C16H18ClN3O3. The van der Waals surface area contributed by atoms with E-state index >= 15 is 0 Å². The number of hydrogen-bond donors (Lipinski definition) is 1. The van der Waals surface area contributed by atoms with E-state index in [1.165, 1.54) is 0 Å². The van der Waals surface area contributed by atoms with Crippen LogP contribution in [0.15, 0.2) is 28.8 Å². The molecule has 1 aliphatic rings. The van der Waals surface area contributed by atoms with Gasteiger partial charge in [0, 0.05) is 29.7 Å². The maximum atomic E-state index is 11.8. The van der Waals surface area contributed by atoms with Crippen LogP contribution in [0.4, 0.5) is 5.82 Å². The summed E-state index contributed by atoms with van der Waals surface area (Å²) in [5.41, 5.74) is 0.751. The first-order valence-corrected chi connectivity index (χ1v) is 7.75. The zero-order valence-corrected chi connectivity index (χ0v) is 13.7. The standard InChI is InChI=1S/C16H18ClN3O3/c1-19(2)12-7-8-20(9-12)15-13(16(21)22)14(23-18-15)10-3-5-11(17)6-4-10/h3-6,12H,7-9H2,1-2H3,(H,21,22). The summed E-state index contributed by atoms with van der Waals surface area (Å²) in [6.07, 6.45) is 0.967. The van der Waals surface area contributed by atoms with Gasteiger partial charge in [-0.05, 0) is 44.8 Å². The highest BCUT2D eigenvalue weighted by molar-refractivity contribution is 6.30. The molecule has 23 heavy (non-hydrogen) atoms. The summed E-state index contributed by atoms with van der Waals surface area (Å²) in [5.74, 6) is -0.385. The minimum Gasteiger partial charge on any atom is -0.477 e. The van der Waals surface area contributed by atoms with Crippen molar-refractivity contribution in [2.24, 2.45) is 0 Å². The van der Waals surface area contributed by atoms with Gasteiger partial charge in [0.25, 0.3) is 0 Å². The van der Waals surface area contributed by atoms with Gasteiger partial charge < -0.3 is 19.4 Å². The maximum absolute atomic E-state index is 11.8. The minimum atomic E-state index is -1.04. The van der Waals surface area contributed by atoms with Crippen LogP contribution in [0.2, 0.25) is 5.02 Å². The van der Waals surface area contributed by atoms with E-state index in [0.717, 1.165) is 19.5 Å². The summed E-state index contributed by atoms with van der Waals surface area (Å²) in [4.78, 5) is 15.9. The van der Waals surface area contributed by atoms with E-state index in [1.54, 1.807) is 24.3 Å². The van der Waals surface area contributed by atoms with E-state index in [0.29, 0.717) is 22.4 Å². The van der Waals surface area contributed by atoms with Crippen molar-refractivity contribution in [2.45, 2.75) is 12.5 Å². The molecule has 1 N–H and O–H groups in total. The molecule has 0 bridgehead atoms. The Hall–Kier alpha value is -2.05. The summed E-state index contributed by atoms with van der Waals surface area (Å²) in [7, 11) is 4.04. The van der Waals surface area contributed by atoms with Crippen LogP contribution in [0.5, 0.6) is 0 Å². The fourth-order valence-corrected chi connectivity index (χ4v) is 2.97. The number of carboxylic acids is 1. The third-order valence-corrected chi connectivity index (χ3v) is 4.44. The maximum Gasteiger partial charge on any atom is 0.343 e. The Kier molecular flexibility index (Phi) is 4.28. The SMILES string of the molecule is CN(C)C1CCN(c2noc(-c3ccc(Cl)cc3)c2C(=O)O)C1. The third-order valence-electron chi connectivity index (χ3n) is 4.19. The van der Waals surface area contributed by atoms with Gasteiger partial charge in [0.1, 0.15) is 0 Å². The Morgan fingerprint density at radius 2 is 2.09 bits per heavy atom. The van der Waals surface area contributed by atoms with E-state index in [-0.39, 0.29) is 11.3 Å². The first-order chi connectivity index (χ1) is 11.0. The molecule has 7 heteroatoms. The van der Waals surface area contributed by atoms with Gasteiger partial charge >= 0.3 is 5.97 Å². The van der Waals surface area contributed by atoms with Crippen LogP contribution in [-0.2, 0) is 0 Å². The summed E-state index contributed by atoms with van der Waals surface area (Å²) in [6.45, 7) is 1.50. The number of carboxylic acid groups (broad SMARTS) is 1. The van der Waals surface area contributed by atoms with Gasteiger partial charge in [0.2, 0.25) is 0 Å². The molecule has 0 amide bonds. The average molecular weight is 336 g/mol. The van der Waals surface area contributed by atoms with Gasteiger partial charge in [-0.15, -0.1) is 0 Å². The highest BCUT2D eigenvalue weighted by Crippen LogP contribution is 2.33. The summed E-state index contributed by atoms with van der Waals surface area (Å²) < 4.78 is 5.36. The quantitative estimate of drug-likeness (QED) is 0.926. The van der Waals surface area contributed by atoms with Gasteiger partial charge in [-0.1, -0.05) is 16.8 Å². The zero-order valence-electron chi connectivity index (χ0n) is 13.0. The van der Waals surface area contributed by atoms with Gasteiger partial charge in [-0.3, -0.25) is 0 Å². The lowest BCUT2D eigenvalue weighted by Gasteiger charge is -2.20. The molecule has 1 aromatic heterocycles. The minimum absolute atomic E-state index is 0.103. The molecular weight excluding hydrogens is 318 g/mol. The van der Waals surface area contributed by atoms with Crippen LogP contribution in [-0.4, -0.2) is 54.4 Å². The van der Waals surface area contributed by atoms with Crippen molar-refractivity contribution in [3.8, 4) is 11.3 Å². The third kappa shape index (κ3) is 3.04. The molecule has 2 aromatic rings. The van der Waals surface area contributed by atoms with Crippen molar-refractivity contribution < 1.29 is 14.4 Å². The lowest BCUT2D eigenvalue weighted by atomic mass is 10.1. The van der Waals surface area contributed by atoms with E-state index < -0.39 is 5.97 Å². The largest absolute Gasteiger partial charge is 0.477 e. The van der Waals surface area contributed by atoms with E-state index in [4.69, 9.17) is 16.1 Å². The Bertz CT molecular complexity index is 712. The molecule has 6 nitrogen and oxygen atoms in total. The first kappa shape index (κ1) is 15.8. The van der Waals surface area contributed by atoms with Crippen LogP contribution >= 0.6 is 11.6 Å². The second-order valence-electron chi connectivity index (χ2n) is 5.87. The summed E-state index contributed by atoms with van der Waals surface area (Å²) in [6, 6.07) is 7.23. The second kappa shape index (κ2) is 6.22. The number of nitrogens with zero attached hydrogens (tertiary/aromatic N) is 3. The molecule has 0 saturated carbocycles.